The summed E-state index contributed by atoms with van der Waals surface area (Å²) in [6.07, 6.45) is 0.572. The molecule has 164 valence electrons. The highest BCUT2D eigenvalue weighted by molar-refractivity contribution is 5.83. The molecule has 0 N–H and O–H groups in total. The third kappa shape index (κ3) is 4.95. The average molecular weight is 424 g/mol. The van der Waals surface area contributed by atoms with E-state index in [0.717, 1.165) is 12.1 Å². The van der Waals surface area contributed by atoms with Crippen LogP contribution in [0.3, 0.4) is 0 Å². The summed E-state index contributed by atoms with van der Waals surface area (Å²) in [5.41, 5.74) is -1.34. The zero-order valence-corrected chi connectivity index (χ0v) is 17.0. The topological polar surface area (TPSA) is 76.2 Å². The number of halogens is 2. The summed E-state index contributed by atoms with van der Waals surface area (Å²) in [5.74, 6) is -2.77. The fourth-order valence-corrected chi connectivity index (χ4v) is 4.10. The Bertz CT molecular complexity index is 792. The van der Waals surface area contributed by atoms with Crippen LogP contribution >= 0.6 is 0 Å². The van der Waals surface area contributed by atoms with Gasteiger partial charge in [-0.05, 0) is 25.0 Å². The molecule has 2 fully saturated rings. The summed E-state index contributed by atoms with van der Waals surface area (Å²) in [5, 5.41) is 0. The van der Waals surface area contributed by atoms with Gasteiger partial charge in [0.05, 0.1) is 31.6 Å². The molecule has 7 nitrogen and oxygen atoms in total. The molecule has 0 spiro atoms. The van der Waals surface area contributed by atoms with Crippen molar-refractivity contribution in [2.45, 2.75) is 38.1 Å². The van der Waals surface area contributed by atoms with Crippen molar-refractivity contribution < 1.29 is 32.6 Å². The lowest BCUT2D eigenvalue weighted by molar-refractivity contribution is -0.153. The van der Waals surface area contributed by atoms with Gasteiger partial charge >= 0.3 is 5.97 Å². The summed E-state index contributed by atoms with van der Waals surface area (Å²) in [7, 11) is 0. The molecule has 0 aliphatic carbocycles. The first-order valence-corrected chi connectivity index (χ1v) is 10.0. The van der Waals surface area contributed by atoms with Crippen molar-refractivity contribution >= 4 is 17.8 Å². The third-order valence-corrected chi connectivity index (χ3v) is 5.68. The Morgan fingerprint density at radius 2 is 1.77 bits per heavy atom. The fourth-order valence-electron chi connectivity index (χ4n) is 4.10. The SMILES string of the molecule is CC(=O)OCC1(CC(=O)N2CCOCC2)CCCN1C(=O)Cc1c(F)cccc1F. The fraction of sp³-hybridized carbons (Fsp3) is 0.571. The number of ether oxygens (including phenoxy) is 2. The van der Waals surface area contributed by atoms with Gasteiger partial charge in [0.2, 0.25) is 11.8 Å². The Hall–Kier alpha value is -2.55. The van der Waals surface area contributed by atoms with Gasteiger partial charge in [-0.25, -0.2) is 8.78 Å². The molecule has 2 saturated heterocycles. The Morgan fingerprint density at radius 1 is 1.10 bits per heavy atom. The van der Waals surface area contributed by atoms with Crippen LogP contribution in [-0.4, -0.2) is 72.6 Å². The van der Waals surface area contributed by atoms with Crippen LogP contribution in [0, 0.1) is 11.6 Å². The molecule has 30 heavy (non-hydrogen) atoms. The first kappa shape index (κ1) is 22.1. The number of nitrogens with zero attached hydrogens (tertiary/aromatic N) is 2. The Morgan fingerprint density at radius 3 is 2.40 bits per heavy atom. The molecular weight excluding hydrogens is 398 g/mol. The molecule has 3 rings (SSSR count). The zero-order valence-electron chi connectivity index (χ0n) is 17.0. The molecule has 0 bridgehead atoms. The number of likely N-dealkylation sites (tertiary alicyclic amines) is 1. The molecule has 0 aromatic heterocycles. The second-order valence-corrected chi connectivity index (χ2v) is 7.70. The van der Waals surface area contributed by atoms with E-state index in [1.54, 1.807) is 4.90 Å². The van der Waals surface area contributed by atoms with Crippen molar-refractivity contribution in [1.82, 2.24) is 9.80 Å². The van der Waals surface area contributed by atoms with Gasteiger partial charge in [-0.3, -0.25) is 14.4 Å². The maximum atomic E-state index is 14.0. The lowest BCUT2D eigenvalue weighted by atomic mass is 9.91. The number of hydrogen-bond donors (Lipinski definition) is 0. The number of carbonyl (C=O) groups is 3. The number of hydrogen-bond acceptors (Lipinski definition) is 5. The van der Waals surface area contributed by atoms with E-state index >= 15 is 0 Å². The van der Waals surface area contributed by atoms with Crippen LogP contribution in [0.25, 0.3) is 0 Å². The lowest BCUT2D eigenvalue weighted by Crippen LogP contribution is -2.55. The normalized spacial score (nSPS) is 21.6. The number of amides is 2. The third-order valence-electron chi connectivity index (χ3n) is 5.68. The summed E-state index contributed by atoms with van der Waals surface area (Å²) in [6.45, 7) is 3.24. The predicted molar refractivity (Wildman–Crippen MR) is 102 cm³/mol. The number of rotatable bonds is 6. The highest BCUT2D eigenvalue weighted by Gasteiger charge is 2.47. The molecule has 9 heteroatoms. The van der Waals surface area contributed by atoms with Crippen LogP contribution in [0.2, 0.25) is 0 Å². The molecule has 1 unspecified atom stereocenters. The number of benzene rings is 1. The predicted octanol–water partition coefficient (Wildman–Crippen LogP) is 1.68. The quantitative estimate of drug-likeness (QED) is 0.650. The lowest BCUT2D eigenvalue weighted by Gasteiger charge is -2.39. The zero-order chi connectivity index (χ0) is 21.7. The van der Waals surface area contributed by atoms with Crippen LogP contribution in [0.1, 0.15) is 31.7 Å². The summed E-state index contributed by atoms with van der Waals surface area (Å²) in [4.78, 5) is 40.5. The molecule has 2 amide bonds. The van der Waals surface area contributed by atoms with Gasteiger partial charge < -0.3 is 19.3 Å². The highest BCUT2D eigenvalue weighted by atomic mass is 19.1. The number of morpholine rings is 1. The van der Waals surface area contributed by atoms with Gasteiger partial charge in [0, 0.05) is 32.1 Å². The summed E-state index contributed by atoms with van der Waals surface area (Å²) < 4.78 is 38.6. The van der Waals surface area contributed by atoms with Crippen molar-refractivity contribution in [3.8, 4) is 0 Å². The highest BCUT2D eigenvalue weighted by Crippen LogP contribution is 2.35. The molecule has 0 radical (unpaired) electrons. The van der Waals surface area contributed by atoms with Crippen LogP contribution in [0.15, 0.2) is 18.2 Å². The van der Waals surface area contributed by atoms with Gasteiger partial charge in [-0.15, -0.1) is 0 Å². The van der Waals surface area contributed by atoms with Gasteiger partial charge in [0.25, 0.3) is 0 Å². The van der Waals surface area contributed by atoms with Crippen molar-refractivity contribution in [3.05, 3.63) is 35.4 Å². The maximum absolute atomic E-state index is 14.0. The molecule has 1 aromatic carbocycles. The summed E-state index contributed by atoms with van der Waals surface area (Å²) in [6, 6.07) is 3.44. The Balaban J connectivity index is 1.81. The first-order valence-electron chi connectivity index (χ1n) is 10.0. The van der Waals surface area contributed by atoms with Crippen molar-refractivity contribution in [2.24, 2.45) is 0 Å². The van der Waals surface area contributed by atoms with E-state index in [-0.39, 0.29) is 24.5 Å². The van der Waals surface area contributed by atoms with Gasteiger partial charge in [0.15, 0.2) is 0 Å². The van der Waals surface area contributed by atoms with Crippen LogP contribution in [0.5, 0.6) is 0 Å². The van der Waals surface area contributed by atoms with E-state index in [2.05, 4.69) is 0 Å². The molecule has 2 aliphatic heterocycles. The number of esters is 1. The molecule has 2 aliphatic rings. The standard InChI is InChI=1S/C21H26F2N2O5/c1-15(26)30-14-21(13-20(28)24-8-10-29-11-9-24)6-3-7-25(21)19(27)12-16-17(22)4-2-5-18(16)23/h2,4-5H,3,6-14H2,1H3. The van der Waals surface area contributed by atoms with E-state index in [1.165, 1.54) is 17.9 Å². The van der Waals surface area contributed by atoms with E-state index in [9.17, 15) is 23.2 Å². The second-order valence-electron chi connectivity index (χ2n) is 7.70. The maximum Gasteiger partial charge on any atom is 0.302 e. The molecule has 1 atom stereocenters. The smallest absolute Gasteiger partial charge is 0.302 e. The molecule has 0 saturated carbocycles. The van der Waals surface area contributed by atoms with E-state index in [4.69, 9.17) is 9.47 Å². The first-order chi connectivity index (χ1) is 14.3. The minimum Gasteiger partial charge on any atom is -0.463 e. The molecule has 1 aromatic rings. The van der Waals surface area contributed by atoms with Crippen molar-refractivity contribution in [2.75, 3.05) is 39.5 Å². The van der Waals surface area contributed by atoms with E-state index in [0.29, 0.717) is 45.7 Å². The Kier molecular flexibility index (Phi) is 7.02. The van der Waals surface area contributed by atoms with E-state index in [1.807, 2.05) is 0 Å². The van der Waals surface area contributed by atoms with Crippen LogP contribution < -0.4 is 0 Å². The largest absolute Gasteiger partial charge is 0.463 e. The van der Waals surface area contributed by atoms with Crippen LogP contribution in [-0.2, 0) is 30.3 Å². The van der Waals surface area contributed by atoms with Crippen molar-refractivity contribution in [3.63, 3.8) is 0 Å². The van der Waals surface area contributed by atoms with Crippen molar-refractivity contribution in [1.29, 1.82) is 0 Å². The monoisotopic (exact) mass is 424 g/mol. The molecule has 2 heterocycles. The second kappa shape index (κ2) is 9.51. The average Bonchev–Trinajstić information content (AvgIpc) is 3.13. The van der Waals surface area contributed by atoms with Gasteiger partial charge in [0.1, 0.15) is 18.2 Å². The Labute approximate surface area is 173 Å². The molecular formula is C21H26F2N2O5. The minimum atomic E-state index is -1.03. The van der Waals surface area contributed by atoms with Gasteiger partial charge in [-0.2, -0.15) is 0 Å². The van der Waals surface area contributed by atoms with Crippen LogP contribution in [0.4, 0.5) is 8.78 Å². The summed E-state index contributed by atoms with van der Waals surface area (Å²) >= 11 is 0. The van der Waals surface area contributed by atoms with E-state index < -0.39 is 35.5 Å². The van der Waals surface area contributed by atoms with Gasteiger partial charge in [-0.1, -0.05) is 6.07 Å². The number of carbonyl (C=O) groups excluding carboxylic acids is 3. The minimum absolute atomic E-state index is 0.0220.